The fourth-order valence-electron chi connectivity index (χ4n) is 1.25. The van der Waals surface area contributed by atoms with E-state index in [1.807, 2.05) is 0 Å². The van der Waals surface area contributed by atoms with E-state index in [9.17, 15) is 9.59 Å². The van der Waals surface area contributed by atoms with Crippen LogP contribution >= 0.6 is 0 Å². The Bertz CT molecular complexity index is 307. The van der Waals surface area contributed by atoms with Crippen LogP contribution in [0.3, 0.4) is 0 Å². The van der Waals surface area contributed by atoms with Crippen molar-refractivity contribution in [3.63, 3.8) is 0 Å². The van der Waals surface area contributed by atoms with E-state index in [1.54, 1.807) is 6.92 Å². The Kier molecular flexibility index (Phi) is 5.48. The van der Waals surface area contributed by atoms with Gasteiger partial charge in [-0.05, 0) is 13.8 Å². The average Bonchev–Trinajstić information content (AvgIpc) is 2.36. The van der Waals surface area contributed by atoms with Crippen molar-refractivity contribution in [2.75, 3.05) is 32.9 Å². The molecule has 1 amide bonds. The summed E-state index contributed by atoms with van der Waals surface area (Å²) >= 11 is 0. The van der Waals surface area contributed by atoms with Crippen molar-refractivity contribution < 1.29 is 23.8 Å². The maximum absolute atomic E-state index is 11.5. The SMILES string of the molecule is CCOC(=O)/C(C)=C/OC(=O)N1CCOCC1. The summed E-state index contributed by atoms with van der Waals surface area (Å²) in [6.45, 7) is 5.57. The standard InChI is InChI=1S/C11H17NO5/c1-3-16-10(13)9(2)8-17-11(14)12-4-6-15-7-5-12/h8H,3-7H2,1-2H3/b9-8+. The monoisotopic (exact) mass is 243 g/mol. The predicted octanol–water partition coefficient (Wildman–Crippen LogP) is 0.922. The number of esters is 1. The van der Waals surface area contributed by atoms with E-state index in [2.05, 4.69) is 0 Å². The van der Waals surface area contributed by atoms with Crippen molar-refractivity contribution in [2.24, 2.45) is 0 Å². The van der Waals surface area contributed by atoms with Gasteiger partial charge in [0.25, 0.3) is 0 Å². The van der Waals surface area contributed by atoms with E-state index in [0.29, 0.717) is 32.9 Å². The first-order chi connectivity index (χ1) is 8.15. The molecule has 1 saturated heterocycles. The van der Waals surface area contributed by atoms with Gasteiger partial charge in [-0.3, -0.25) is 0 Å². The number of ether oxygens (including phenoxy) is 3. The molecule has 0 N–H and O–H groups in total. The number of hydrogen-bond donors (Lipinski definition) is 0. The first-order valence-corrected chi connectivity index (χ1v) is 5.52. The average molecular weight is 243 g/mol. The van der Waals surface area contributed by atoms with Crippen LogP contribution in [0.2, 0.25) is 0 Å². The summed E-state index contributed by atoms with van der Waals surface area (Å²) in [6, 6.07) is 0. The normalized spacial score (nSPS) is 16.6. The van der Waals surface area contributed by atoms with E-state index >= 15 is 0 Å². The highest BCUT2D eigenvalue weighted by Gasteiger charge is 2.17. The predicted molar refractivity (Wildman–Crippen MR) is 59.3 cm³/mol. The number of morpholine rings is 1. The minimum absolute atomic E-state index is 0.258. The van der Waals surface area contributed by atoms with E-state index in [0.717, 1.165) is 6.26 Å². The molecule has 6 heteroatoms. The van der Waals surface area contributed by atoms with Crippen LogP contribution in [0, 0.1) is 0 Å². The fraction of sp³-hybridized carbons (Fsp3) is 0.636. The van der Waals surface area contributed by atoms with E-state index in [1.165, 1.54) is 11.8 Å². The number of amides is 1. The molecule has 0 aromatic heterocycles. The lowest BCUT2D eigenvalue weighted by atomic mass is 10.3. The van der Waals surface area contributed by atoms with Crippen molar-refractivity contribution in [3.8, 4) is 0 Å². The second-order valence-corrected chi connectivity index (χ2v) is 3.50. The minimum Gasteiger partial charge on any atom is -0.463 e. The van der Waals surface area contributed by atoms with Crippen LogP contribution in [-0.4, -0.2) is 49.9 Å². The molecule has 6 nitrogen and oxygen atoms in total. The lowest BCUT2D eigenvalue weighted by Gasteiger charge is -2.25. The quantitative estimate of drug-likeness (QED) is 0.419. The van der Waals surface area contributed by atoms with Gasteiger partial charge in [-0.25, -0.2) is 9.59 Å². The Hall–Kier alpha value is -1.56. The molecule has 1 fully saturated rings. The molecule has 1 heterocycles. The Morgan fingerprint density at radius 1 is 1.35 bits per heavy atom. The van der Waals surface area contributed by atoms with E-state index in [4.69, 9.17) is 14.2 Å². The highest BCUT2D eigenvalue weighted by Crippen LogP contribution is 2.03. The molecule has 17 heavy (non-hydrogen) atoms. The van der Waals surface area contributed by atoms with Gasteiger partial charge < -0.3 is 19.1 Å². The number of nitrogens with zero attached hydrogens (tertiary/aromatic N) is 1. The first-order valence-electron chi connectivity index (χ1n) is 5.52. The molecule has 0 bridgehead atoms. The molecule has 0 unspecified atom stereocenters. The van der Waals surface area contributed by atoms with Crippen LogP contribution in [0.1, 0.15) is 13.8 Å². The summed E-state index contributed by atoms with van der Waals surface area (Å²) in [5.41, 5.74) is 0.258. The van der Waals surface area contributed by atoms with Crippen LogP contribution in [-0.2, 0) is 19.0 Å². The smallest absolute Gasteiger partial charge is 0.414 e. The molecule has 1 aliphatic heterocycles. The zero-order valence-electron chi connectivity index (χ0n) is 10.1. The molecule has 96 valence electrons. The molecule has 1 rings (SSSR count). The molecule has 0 atom stereocenters. The van der Waals surface area contributed by atoms with E-state index in [-0.39, 0.29) is 5.57 Å². The third kappa shape index (κ3) is 4.44. The largest absolute Gasteiger partial charge is 0.463 e. The Morgan fingerprint density at radius 2 is 2.00 bits per heavy atom. The Balaban J connectivity index is 2.40. The van der Waals surface area contributed by atoms with Crippen molar-refractivity contribution >= 4 is 12.1 Å². The second-order valence-electron chi connectivity index (χ2n) is 3.50. The number of rotatable bonds is 3. The van der Waals surface area contributed by atoms with Crippen molar-refractivity contribution in [3.05, 3.63) is 11.8 Å². The summed E-state index contributed by atoms with van der Waals surface area (Å²) in [7, 11) is 0. The lowest BCUT2D eigenvalue weighted by Crippen LogP contribution is -2.40. The summed E-state index contributed by atoms with van der Waals surface area (Å²) in [5, 5.41) is 0. The van der Waals surface area contributed by atoms with Gasteiger partial charge in [0, 0.05) is 13.1 Å². The van der Waals surface area contributed by atoms with Crippen LogP contribution in [0.4, 0.5) is 4.79 Å². The van der Waals surface area contributed by atoms with Crippen molar-refractivity contribution in [1.82, 2.24) is 4.90 Å². The van der Waals surface area contributed by atoms with Gasteiger partial charge in [-0.1, -0.05) is 0 Å². The van der Waals surface area contributed by atoms with Gasteiger partial charge in [0.2, 0.25) is 0 Å². The maximum Gasteiger partial charge on any atom is 0.414 e. The molecule has 1 aliphatic rings. The molecule has 0 aromatic carbocycles. The summed E-state index contributed by atoms with van der Waals surface area (Å²) < 4.78 is 14.7. The maximum atomic E-state index is 11.5. The molecule has 0 radical (unpaired) electrons. The topological polar surface area (TPSA) is 65.1 Å². The summed E-state index contributed by atoms with van der Waals surface area (Å²) in [4.78, 5) is 24.3. The van der Waals surface area contributed by atoms with E-state index < -0.39 is 12.1 Å². The zero-order valence-corrected chi connectivity index (χ0v) is 10.1. The summed E-state index contributed by atoms with van der Waals surface area (Å²) in [5.74, 6) is -0.484. The Labute approximate surface area is 100 Å². The Morgan fingerprint density at radius 3 is 2.59 bits per heavy atom. The van der Waals surface area contributed by atoms with Gasteiger partial charge in [0.15, 0.2) is 0 Å². The van der Waals surface area contributed by atoms with Crippen molar-refractivity contribution in [2.45, 2.75) is 13.8 Å². The van der Waals surface area contributed by atoms with Crippen LogP contribution in [0.25, 0.3) is 0 Å². The molecule has 0 aliphatic carbocycles. The third-order valence-corrected chi connectivity index (χ3v) is 2.20. The van der Waals surface area contributed by atoms with Crippen LogP contribution in [0.5, 0.6) is 0 Å². The molecule has 0 spiro atoms. The van der Waals surface area contributed by atoms with Crippen LogP contribution < -0.4 is 0 Å². The first kappa shape index (κ1) is 13.5. The van der Waals surface area contributed by atoms with Gasteiger partial charge in [0.1, 0.15) is 6.26 Å². The number of carbonyl (C=O) groups is 2. The highest BCUT2D eigenvalue weighted by molar-refractivity contribution is 5.87. The molecule has 0 saturated carbocycles. The van der Waals surface area contributed by atoms with Gasteiger partial charge in [0.05, 0.1) is 25.4 Å². The third-order valence-electron chi connectivity index (χ3n) is 2.20. The number of hydrogen-bond acceptors (Lipinski definition) is 5. The minimum atomic E-state index is -0.484. The molecular weight excluding hydrogens is 226 g/mol. The number of carbonyl (C=O) groups excluding carboxylic acids is 2. The van der Waals surface area contributed by atoms with Crippen LogP contribution in [0.15, 0.2) is 11.8 Å². The fourth-order valence-corrected chi connectivity index (χ4v) is 1.25. The second kappa shape index (κ2) is 6.90. The lowest BCUT2D eigenvalue weighted by molar-refractivity contribution is -0.138. The van der Waals surface area contributed by atoms with Crippen molar-refractivity contribution in [1.29, 1.82) is 0 Å². The molecular formula is C11H17NO5. The zero-order chi connectivity index (χ0) is 12.7. The van der Waals surface area contributed by atoms with Gasteiger partial charge in [-0.2, -0.15) is 0 Å². The summed E-state index contributed by atoms with van der Waals surface area (Å²) in [6.07, 6.45) is 0.646. The van der Waals surface area contributed by atoms with Gasteiger partial charge in [-0.15, -0.1) is 0 Å². The molecule has 0 aromatic rings. The highest BCUT2D eigenvalue weighted by atomic mass is 16.6. The van der Waals surface area contributed by atoms with Gasteiger partial charge >= 0.3 is 12.1 Å².